The number of piperidine rings is 1. The van der Waals surface area contributed by atoms with Gasteiger partial charge in [-0.15, -0.1) is 0 Å². The molecule has 0 spiro atoms. The smallest absolute Gasteiger partial charge is 0.254 e. The van der Waals surface area contributed by atoms with Crippen molar-refractivity contribution in [2.24, 2.45) is 29.8 Å². The summed E-state index contributed by atoms with van der Waals surface area (Å²) in [6, 6.07) is 18.7. The lowest BCUT2D eigenvalue weighted by atomic mass is 10.0. The Kier molecular flexibility index (Phi) is 6.66. The Balaban J connectivity index is 1.18. The van der Waals surface area contributed by atoms with Gasteiger partial charge in [-0.1, -0.05) is 19.1 Å². The summed E-state index contributed by atoms with van der Waals surface area (Å²) >= 11 is 0. The quantitative estimate of drug-likeness (QED) is 0.201. The van der Waals surface area contributed by atoms with Crippen molar-refractivity contribution < 1.29 is 9.53 Å². The van der Waals surface area contributed by atoms with Crippen molar-refractivity contribution in [1.82, 2.24) is 24.0 Å². The van der Waals surface area contributed by atoms with Gasteiger partial charge in [0.2, 0.25) is 0 Å². The number of anilines is 2. The van der Waals surface area contributed by atoms with Crippen molar-refractivity contribution in [2.45, 2.75) is 45.2 Å². The van der Waals surface area contributed by atoms with Gasteiger partial charge in [-0.3, -0.25) is 9.79 Å². The number of nitrogens with zero attached hydrogens (tertiary/aromatic N) is 6. The molecule has 2 aliphatic carbocycles. The van der Waals surface area contributed by atoms with Crippen molar-refractivity contribution in [3.63, 3.8) is 0 Å². The number of imidazole rings is 1. The highest BCUT2D eigenvalue weighted by Gasteiger charge is 2.46. The molecule has 4 heterocycles. The number of methoxy groups -OCH3 is 1. The zero-order valence-corrected chi connectivity index (χ0v) is 26.3. The molecule has 1 aliphatic heterocycles. The summed E-state index contributed by atoms with van der Waals surface area (Å²) in [4.78, 5) is 30.2. The summed E-state index contributed by atoms with van der Waals surface area (Å²) in [5.41, 5.74) is 6.28. The van der Waals surface area contributed by atoms with Crippen LogP contribution in [0.15, 0.2) is 59.6 Å². The Morgan fingerprint density at radius 1 is 1.07 bits per heavy atom. The Morgan fingerprint density at radius 3 is 2.58 bits per heavy atom. The Labute approximate surface area is 262 Å². The number of likely N-dealkylation sites (tertiary alicyclic amines) is 1. The zero-order valence-electron chi connectivity index (χ0n) is 26.3. The van der Waals surface area contributed by atoms with Crippen molar-refractivity contribution >= 4 is 45.7 Å². The fraction of sp³-hybridized carbons (Fsp3) is 0.389. The monoisotopic (exact) mass is 601 g/mol. The first-order chi connectivity index (χ1) is 21.9. The molecule has 1 amide bonds. The van der Waals surface area contributed by atoms with Crippen LogP contribution in [0.5, 0.6) is 5.75 Å². The van der Waals surface area contributed by atoms with E-state index in [9.17, 15) is 4.79 Å². The van der Waals surface area contributed by atoms with Crippen molar-refractivity contribution in [2.75, 3.05) is 26.0 Å². The number of benzene rings is 2. The van der Waals surface area contributed by atoms with Gasteiger partial charge in [-0.05, 0) is 91.5 Å². The third-order valence-corrected chi connectivity index (χ3v) is 10.2. The van der Waals surface area contributed by atoms with Crippen molar-refractivity contribution in [3.05, 3.63) is 65.7 Å². The van der Waals surface area contributed by atoms with E-state index in [1.54, 1.807) is 14.2 Å². The number of fused-ring (bicyclic) bond motifs is 4. The van der Waals surface area contributed by atoms with Crippen molar-refractivity contribution in [3.8, 4) is 17.3 Å². The highest BCUT2D eigenvalue weighted by atomic mass is 16.5. The molecule has 2 aromatic carbocycles. The maximum absolute atomic E-state index is 13.8. The minimum atomic E-state index is 0.0849. The van der Waals surface area contributed by atoms with E-state index in [1.807, 2.05) is 55.7 Å². The van der Waals surface area contributed by atoms with Gasteiger partial charge in [0.1, 0.15) is 22.7 Å². The fourth-order valence-corrected chi connectivity index (χ4v) is 7.60. The zero-order chi connectivity index (χ0) is 30.8. The highest BCUT2D eigenvalue weighted by molar-refractivity contribution is 6.00. The van der Waals surface area contributed by atoms with Crippen LogP contribution in [0, 0.1) is 17.8 Å². The molecular formula is C36H39N7O2. The molecule has 45 heavy (non-hydrogen) atoms. The second-order valence-electron chi connectivity index (χ2n) is 13.1. The number of carbonyl (C=O) groups excluding carboxylic acids is 1. The average molecular weight is 602 g/mol. The van der Waals surface area contributed by atoms with Crippen LogP contribution in [0.4, 0.5) is 11.5 Å². The van der Waals surface area contributed by atoms with Gasteiger partial charge in [0, 0.05) is 56.1 Å². The third-order valence-electron chi connectivity index (χ3n) is 10.2. The molecule has 2 bridgehead atoms. The molecule has 230 valence electrons. The lowest BCUT2D eigenvalue weighted by molar-refractivity contribution is 0.0696. The predicted molar refractivity (Wildman–Crippen MR) is 179 cm³/mol. The van der Waals surface area contributed by atoms with Crippen LogP contribution in [0.3, 0.4) is 0 Å². The third kappa shape index (κ3) is 4.76. The first-order valence-corrected chi connectivity index (χ1v) is 16.1. The molecule has 1 N–H and O–H groups in total. The summed E-state index contributed by atoms with van der Waals surface area (Å²) in [7, 11) is 5.47. The number of hydrogen-bond acceptors (Lipinski definition) is 6. The van der Waals surface area contributed by atoms with E-state index in [4.69, 9.17) is 14.7 Å². The number of carbonyl (C=O) groups is 1. The van der Waals surface area contributed by atoms with Crippen LogP contribution in [-0.2, 0) is 13.6 Å². The van der Waals surface area contributed by atoms with E-state index in [0.29, 0.717) is 35.1 Å². The number of amides is 1. The fourth-order valence-electron chi connectivity index (χ4n) is 7.60. The molecule has 8 rings (SSSR count). The second kappa shape index (κ2) is 10.8. The van der Waals surface area contributed by atoms with Gasteiger partial charge in [0.25, 0.3) is 5.91 Å². The van der Waals surface area contributed by atoms with E-state index < -0.39 is 0 Å². The molecule has 9 heteroatoms. The van der Waals surface area contributed by atoms with Gasteiger partial charge in [0.15, 0.2) is 5.82 Å². The molecule has 3 aliphatic rings. The van der Waals surface area contributed by atoms with Crippen LogP contribution in [0.2, 0.25) is 0 Å². The topological polar surface area (TPSA) is 89.6 Å². The lowest BCUT2D eigenvalue weighted by Gasteiger charge is -2.27. The molecule has 2 unspecified atom stereocenters. The molecule has 1 saturated heterocycles. The Bertz CT molecular complexity index is 1970. The molecule has 9 nitrogen and oxygen atoms in total. The number of aliphatic imine (C=N–C) groups is 1. The minimum Gasteiger partial charge on any atom is -0.494 e. The molecule has 5 aromatic rings. The van der Waals surface area contributed by atoms with Gasteiger partial charge >= 0.3 is 0 Å². The molecular weight excluding hydrogens is 562 g/mol. The summed E-state index contributed by atoms with van der Waals surface area (Å²) in [5.74, 6) is 4.20. The molecule has 3 aromatic heterocycles. The number of rotatable bonds is 8. The lowest BCUT2D eigenvalue weighted by Crippen LogP contribution is -2.38. The van der Waals surface area contributed by atoms with E-state index >= 15 is 0 Å². The standard InChI is InChI=1S/C36H39N7O2/c1-21-25-9-13-29(21)43(20-25)36(44)26-15-28-33(31(17-26)45-4)41(3)35(39-28)30-16-24-10-14-32(40-34(24)42(30)19-23-5-6-23)38-27-11-7-22(8-12-27)18-37-2/h7-8,10-12,14-18,21,23,25,29H,5-6,9,13,19-20H2,1-4H3,(H,38,40)/b37-18-/t21-,25?,29?/m1/s1. The van der Waals surface area contributed by atoms with E-state index in [2.05, 4.69) is 43.4 Å². The van der Waals surface area contributed by atoms with Gasteiger partial charge in [0.05, 0.1) is 18.3 Å². The average Bonchev–Trinajstić information content (AvgIpc) is 3.46. The first-order valence-electron chi connectivity index (χ1n) is 16.1. The van der Waals surface area contributed by atoms with E-state index in [-0.39, 0.29) is 5.91 Å². The van der Waals surface area contributed by atoms with Crippen LogP contribution < -0.4 is 10.1 Å². The largest absolute Gasteiger partial charge is 0.494 e. The molecule has 2 saturated carbocycles. The predicted octanol–water partition coefficient (Wildman–Crippen LogP) is 6.67. The minimum absolute atomic E-state index is 0.0849. The summed E-state index contributed by atoms with van der Waals surface area (Å²) in [6.07, 6.45) is 6.62. The summed E-state index contributed by atoms with van der Waals surface area (Å²) in [5, 5.41) is 4.54. The van der Waals surface area contributed by atoms with Crippen LogP contribution in [0.25, 0.3) is 33.6 Å². The second-order valence-corrected chi connectivity index (χ2v) is 13.1. The van der Waals surface area contributed by atoms with Gasteiger partial charge in [-0.2, -0.15) is 0 Å². The normalized spacial score (nSPS) is 21.1. The van der Waals surface area contributed by atoms with E-state index in [1.165, 1.54) is 19.3 Å². The molecule has 3 fully saturated rings. The first kappa shape index (κ1) is 27.9. The highest BCUT2D eigenvalue weighted by Crippen LogP contribution is 2.44. The van der Waals surface area contributed by atoms with Gasteiger partial charge < -0.3 is 24.1 Å². The van der Waals surface area contributed by atoms with Gasteiger partial charge in [-0.25, -0.2) is 9.97 Å². The van der Waals surface area contributed by atoms with Crippen LogP contribution in [0.1, 0.15) is 48.5 Å². The number of aromatic nitrogens is 4. The number of pyridine rings is 1. The number of aryl methyl sites for hydroxylation is 1. The van der Waals surface area contributed by atoms with Crippen LogP contribution >= 0.6 is 0 Å². The Morgan fingerprint density at radius 2 is 1.89 bits per heavy atom. The summed E-state index contributed by atoms with van der Waals surface area (Å²) < 4.78 is 10.3. The van der Waals surface area contributed by atoms with E-state index in [0.717, 1.165) is 70.2 Å². The Hall–Kier alpha value is -4.66. The summed E-state index contributed by atoms with van der Waals surface area (Å²) in [6.45, 7) is 4.03. The van der Waals surface area contributed by atoms with Crippen LogP contribution in [-0.4, -0.2) is 62.9 Å². The molecule has 3 atom stereocenters. The van der Waals surface area contributed by atoms with Crippen molar-refractivity contribution in [1.29, 1.82) is 0 Å². The maximum atomic E-state index is 13.8. The SMILES string of the molecule is C/N=C\c1ccc(Nc2ccc3cc(-c4nc5cc(C(=O)N6CC7CCC6[C@@H]7C)cc(OC)c5n4C)n(CC4CC4)c3n2)cc1. The molecule has 0 radical (unpaired) electrons. The maximum Gasteiger partial charge on any atom is 0.254 e. The number of hydrogen-bond donors (Lipinski definition) is 1. The number of ether oxygens (including phenoxy) is 1. The number of nitrogens with one attached hydrogen (secondary N) is 1.